The van der Waals surface area contributed by atoms with Crippen LogP contribution < -0.4 is 0 Å². The number of para-hydroxylation sites is 6. The molecule has 0 aliphatic carbocycles. The molecule has 47 heavy (non-hydrogen) atoms. The van der Waals surface area contributed by atoms with Crippen LogP contribution in [0.15, 0.2) is 170 Å². The van der Waals surface area contributed by atoms with Crippen LogP contribution in [0.5, 0.6) is 0 Å². The van der Waals surface area contributed by atoms with Crippen LogP contribution in [-0.4, -0.2) is 18.7 Å². The molecule has 3 heterocycles. The first-order valence-electron chi connectivity index (χ1n) is 16.0. The number of hydrogen-bond acceptors (Lipinski definition) is 1. The lowest BCUT2D eigenvalue weighted by Crippen LogP contribution is -1.99. The maximum absolute atomic E-state index is 5.16. The number of hydrogen-bond donors (Lipinski definition) is 0. The predicted octanol–water partition coefficient (Wildman–Crippen LogP) is 10.9. The number of rotatable bonds is 4. The van der Waals surface area contributed by atoms with Crippen LogP contribution in [0.2, 0.25) is 0 Å². The van der Waals surface area contributed by atoms with Crippen molar-refractivity contribution in [2.75, 3.05) is 0 Å². The maximum Gasteiger partial charge on any atom is 0.145 e. The molecule has 0 radical (unpaired) electrons. The molecular formula is C43H28N4. The Morgan fingerprint density at radius 3 is 1.51 bits per heavy atom. The van der Waals surface area contributed by atoms with Gasteiger partial charge in [0.2, 0.25) is 0 Å². The first kappa shape index (κ1) is 25.9. The largest absolute Gasteiger partial charge is 0.309 e. The van der Waals surface area contributed by atoms with E-state index in [4.69, 9.17) is 4.98 Å². The van der Waals surface area contributed by atoms with Gasteiger partial charge >= 0.3 is 0 Å². The fourth-order valence-corrected chi connectivity index (χ4v) is 7.42. The zero-order valence-electron chi connectivity index (χ0n) is 25.5. The highest BCUT2D eigenvalue weighted by molar-refractivity contribution is 6.12. The van der Waals surface area contributed by atoms with Gasteiger partial charge in [-0.25, -0.2) is 4.98 Å². The summed E-state index contributed by atoms with van der Waals surface area (Å²) in [6, 6.07) is 60.7. The third kappa shape index (κ3) is 3.85. The lowest BCUT2D eigenvalue weighted by molar-refractivity contribution is 1.10. The van der Waals surface area contributed by atoms with Crippen molar-refractivity contribution in [2.24, 2.45) is 0 Å². The van der Waals surface area contributed by atoms with Crippen molar-refractivity contribution in [2.45, 2.75) is 0 Å². The summed E-state index contributed by atoms with van der Waals surface area (Å²) < 4.78 is 7.06. The maximum atomic E-state index is 5.16. The molecule has 4 nitrogen and oxygen atoms in total. The van der Waals surface area contributed by atoms with Gasteiger partial charge in [0.15, 0.2) is 0 Å². The molecule has 0 saturated heterocycles. The van der Waals surface area contributed by atoms with Crippen molar-refractivity contribution in [3.05, 3.63) is 170 Å². The summed E-state index contributed by atoms with van der Waals surface area (Å²) >= 11 is 0. The number of imidazole rings is 1. The SMILES string of the molecule is c1ccc(-n2c(-c3cccc(-n4c5ccccc5c5ccc(-n6c7ccccc7c7ccccc76)cc54)c3)nc3ccccc32)cc1. The minimum atomic E-state index is 0.922. The third-order valence-corrected chi connectivity index (χ3v) is 9.43. The molecular weight excluding hydrogens is 573 g/mol. The highest BCUT2D eigenvalue weighted by Gasteiger charge is 2.18. The molecule has 7 aromatic carbocycles. The monoisotopic (exact) mass is 600 g/mol. The van der Waals surface area contributed by atoms with Crippen LogP contribution in [0, 0.1) is 0 Å². The van der Waals surface area contributed by atoms with E-state index in [-0.39, 0.29) is 0 Å². The summed E-state index contributed by atoms with van der Waals surface area (Å²) in [6.45, 7) is 0. The average Bonchev–Trinajstić information content (AvgIpc) is 3.80. The second-order valence-electron chi connectivity index (χ2n) is 12.1. The Morgan fingerprint density at radius 2 is 0.830 bits per heavy atom. The van der Waals surface area contributed by atoms with E-state index < -0.39 is 0 Å². The van der Waals surface area contributed by atoms with E-state index in [1.54, 1.807) is 0 Å². The zero-order chi connectivity index (χ0) is 30.9. The molecule has 3 aromatic heterocycles. The number of aromatic nitrogens is 4. The summed E-state index contributed by atoms with van der Waals surface area (Å²) in [6.07, 6.45) is 0. The molecule has 220 valence electrons. The van der Waals surface area contributed by atoms with E-state index in [0.29, 0.717) is 0 Å². The van der Waals surface area contributed by atoms with Crippen LogP contribution in [0.1, 0.15) is 0 Å². The van der Waals surface area contributed by atoms with Crippen LogP contribution >= 0.6 is 0 Å². The lowest BCUT2D eigenvalue weighted by Gasteiger charge is -2.13. The minimum absolute atomic E-state index is 0.922. The molecule has 0 amide bonds. The van der Waals surface area contributed by atoms with Gasteiger partial charge in [-0.2, -0.15) is 0 Å². The Bertz CT molecular complexity index is 2740. The predicted molar refractivity (Wildman–Crippen MR) is 195 cm³/mol. The first-order chi connectivity index (χ1) is 23.3. The van der Waals surface area contributed by atoms with Crippen LogP contribution in [-0.2, 0) is 0 Å². The van der Waals surface area contributed by atoms with E-state index >= 15 is 0 Å². The molecule has 0 N–H and O–H groups in total. The molecule has 0 aliphatic rings. The molecule has 0 spiro atoms. The second kappa shape index (κ2) is 10.1. The third-order valence-electron chi connectivity index (χ3n) is 9.43. The summed E-state index contributed by atoms with van der Waals surface area (Å²) in [5.41, 5.74) is 11.2. The average molecular weight is 601 g/mol. The minimum Gasteiger partial charge on any atom is -0.309 e. The summed E-state index contributed by atoms with van der Waals surface area (Å²) in [5, 5.41) is 4.99. The molecule has 10 aromatic rings. The molecule has 0 unspecified atom stereocenters. The van der Waals surface area contributed by atoms with Crippen LogP contribution in [0.4, 0.5) is 0 Å². The van der Waals surface area contributed by atoms with E-state index in [9.17, 15) is 0 Å². The Hall–Kier alpha value is -6.39. The Balaban J connectivity index is 1.23. The summed E-state index contributed by atoms with van der Waals surface area (Å²) in [4.78, 5) is 5.16. The van der Waals surface area contributed by atoms with Gasteiger partial charge in [0, 0.05) is 44.2 Å². The van der Waals surface area contributed by atoms with E-state index in [1.165, 1.54) is 43.6 Å². The highest BCUT2D eigenvalue weighted by atomic mass is 15.1. The summed E-state index contributed by atoms with van der Waals surface area (Å²) in [7, 11) is 0. The lowest BCUT2D eigenvalue weighted by atomic mass is 10.1. The van der Waals surface area contributed by atoms with Crippen LogP contribution in [0.25, 0.3) is 83.1 Å². The molecule has 0 aliphatic heterocycles. The van der Waals surface area contributed by atoms with Gasteiger partial charge in [0.25, 0.3) is 0 Å². The van der Waals surface area contributed by atoms with Gasteiger partial charge in [-0.3, -0.25) is 4.57 Å². The Morgan fingerprint density at radius 1 is 0.319 bits per heavy atom. The molecule has 10 rings (SSSR count). The standard InChI is InChI=1S/C43H28N4/c1-2-14-30(15-3-1)47-41-24-11-7-20-37(41)44-43(47)29-13-12-16-31(27-29)46-40-23-10-6-19-35(40)36-26-25-32(28-42(36)46)45-38-21-8-4-17-33(38)34-18-5-9-22-39(34)45/h1-28H. The van der Waals surface area contributed by atoms with E-state index in [1.807, 2.05) is 0 Å². The molecule has 4 heteroatoms. The van der Waals surface area contributed by atoms with Gasteiger partial charge in [-0.15, -0.1) is 0 Å². The second-order valence-corrected chi connectivity index (χ2v) is 12.1. The molecule has 0 saturated carbocycles. The van der Waals surface area contributed by atoms with Gasteiger partial charge in [0.1, 0.15) is 5.82 Å². The molecule has 0 atom stereocenters. The van der Waals surface area contributed by atoms with Crippen molar-refractivity contribution >= 4 is 54.6 Å². The quantitative estimate of drug-likeness (QED) is 0.197. The van der Waals surface area contributed by atoms with E-state index in [0.717, 1.165) is 39.5 Å². The van der Waals surface area contributed by atoms with Gasteiger partial charge in [-0.05, 0) is 66.7 Å². The fraction of sp³-hybridized carbons (Fsp3) is 0. The Labute approximate surface area is 271 Å². The van der Waals surface area contributed by atoms with E-state index in [2.05, 4.69) is 184 Å². The van der Waals surface area contributed by atoms with Crippen molar-refractivity contribution in [3.63, 3.8) is 0 Å². The van der Waals surface area contributed by atoms with Gasteiger partial charge in [0.05, 0.1) is 33.1 Å². The normalized spacial score (nSPS) is 11.8. The number of fused-ring (bicyclic) bond motifs is 7. The topological polar surface area (TPSA) is 27.7 Å². The molecule has 0 fully saturated rings. The highest BCUT2D eigenvalue weighted by Crippen LogP contribution is 2.38. The zero-order valence-corrected chi connectivity index (χ0v) is 25.5. The van der Waals surface area contributed by atoms with Gasteiger partial charge in [-0.1, -0.05) is 103 Å². The summed E-state index contributed by atoms with van der Waals surface area (Å²) in [5.74, 6) is 0.922. The number of benzene rings is 7. The van der Waals surface area contributed by atoms with Crippen molar-refractivity contribution in [1.29, 1.82) is 0 Å². The fourth-order valence-electron chi connectivity index (χ4n) is 7.42. The Kier molecular flexibility index (Phi) is 5.54. The van der Waals surface area contributed by atoms with Crippen molar-refractivity contribution in [1.82, 2.24) is 18.7 Å². The number of nitrogens with zero attached hydrogens (tertiary/aromatic N) is 4. The molecule has 0 bridgehead atoms. The van der Waals surface area contributed by atoms with Gasteiger partial charge < -0.3 is 9.13 Å². The van der Waals surface area contributed by atoms with Crippen molar-refractivity contribution < 1.29 is 0 Å². The smallest absolute Gasteiger partial charge is 0.145 e. The van der Waals surface area contributed by atoms with Crippen LogP contribution in [0.3, 0.4) is 0 Å². The first-order valence-corrected chi connectivity index (χ1v) is 16.0. The van der Waals surface area contributed by atoms with Crippen molar-refractivity contribution in [3.8, 4) is 28.5 Å².